The summed E-state index contributed by atoms with van der Waals surface area (Å²) in [5.74, 6) is 0.752. The number of carbonyl (C=O) groups is 1. The van der Waals surface area contributed by atoms with Gasteiger partial charge >= 0.3 is 0 Å². The quantitative estimate of drug-likeness (QED) is 0.607. The van der Waals surface area contributed by atoms with Crippen molar-refractivity contribution in [3.8, 4) is 5.75 Å². The van der Waals surface area contributed by atoms with Gasteiger partial charge in [-0.2, -0.15) is 0 Å². The van der Waals surface area contributed by atoms with E-state index in [2.05, 4.69) is 41.8 Å². The van der Waals surface area contributed by atoms with E-state index < -0.39 is 0 Å². The van der Waals surface area contributed by atoms with E-state index in [1.54, 1.807) is 0 Å². The van der Waals surface area contributed by atoms with Gasteiger partial charge in [0.05, 0.1) is 13.2 Å². The first-order valence-corrected chi connectivity index (χ1v) is 9.05. The molecule has 4 heteroatoms. The van der Waals surface area contributed by atoms with Gasteiger partial charge in [0.15, 0.2) is 0 Å². The maximum absolute atomic E-state index is 11.9. The molecule has 0 aliphatic carbocycles. The van der Waals surface area contributed by atoms with Crippen molar-refractivity contribution >= 4 is 11.6 Å². The van der Waals surface area contributed by atoms with Crippen LogP contribution in [-0.4, -0.2) is 25.6 Å². The molecular formula is C21H28N2O2. The summed E-state index contributed by atoms with van der Waals surface area (Å²) in [4.78, 5) is 11.9. The Morgan fingerprint density at radius 2 is 1.88 bits per heavy atom. The zero-order valence-corrected chi connectivity index (χ0v) is 15.0. The molecule has 0 aliphatic rings. The molecule has 134 valence electrons. The molecular weight excluding hydrogens is 312 g/mol. The summed E-state index contributed by atoms with van der Waals surface area (Å²) in [6.45, 7) is 3.99. The number of ether oxygens (including phenoxy) is 1. The lowest BCUT2D eigenvalue weighted by Gasteiger charge is -2.10. The molecule has 0 unspecified atom stereocenters. The molecule has 0 atom stereocenters. The van der Waals surface area contributed by atoms with E-state index in [9.17, 15) is 4.79 Å². The normalized spacial score (nSPS) is 10.4. The number of rotatable bonds is 11. The fraction of sp³-hybridized carbons (Fsp3) is 0.381. The summed E-state index contributed by atoms with van der Waals surface area (Å²) in [7, 11) is 0. The zero-order chi connectivity index (χ0) is 17.7. The van der Waals surface area contributed by atoms with Crippen molar-refractivity contribution in [2.75, 3.05) is 25.0 Å². The van der Waals surface area contributed by atoms with Gasteiger partial charge in [-0.05, 0) is 43.5 Å². The van der Waals surface area contributed by atoms with Crippen molar-refractivity contribution < 1.29 is 9.53 Å². The van der Waals surface area contributed by atoms with Crippen LogP contribution in [0.4, 0.5) is 5.69 Å². The predicted octanol–water partition coefficient (Wildman–Crippen LogP) is 4.03. The van der Waals surface area contributed by atoms with Crippen LogP contribution in [0.15, 0.2) is 54.6 Å². The highest BCUT2D eigenvalue weighted by atomic mass is 16.5. The average molecular weight is 340 g/mol. The van der Waals surface area contributed by atoms with Gasteiger partial charge < -0.3 is 15.4 Å². The Morgan fingerprint density at radius 1 is 1.04 bits per heavy atom. The molecule has 2 aromatic carbocycles. The minimum atomic E-state index is -0.0302. The van der Waals surface area contributed by atoms with Gasteiger partial charge in [0.2, 0.25) is 5.91 Å². The predicted molar refractivity (Wildman–Crippen MR) is 103 cm³/mol. The van der Waals surface area contributed by atoms with Crippen molar-refractivity contribution in [1.82, 2.24) is 5.32 Å². The van der Waals surface area contributed by atoms with Gasteiger partial charge in [-0.1, -0.05) is 49.7 Å². The molecule has 0 saturated carbocycles. The fourth-order valence-corrected chi connectivity index (χ4v) is 2.48. The Morgan fingerprint density at radius 3 is 2.68 bits per heavy atom. The fourth-order valence-electron chi connectivity index (χ4n) is 2.48. The first kappa shape index (κ1) is 19.0. The summed E-state index contributed by atoms with van der Waals surface area (Å²) in [5, 5.41) is 6.03. The monoisotopic (exact) mass is 340 g/mol. The molecule has 25 heavy (non-hydrogen) atoms. The number of nitrogens with one attached hydrogen (secondary N) is 2. The summed E-state index contributed by atoms with van der Waals surface area (Å²) >= 11 is 0. The molecule has 2 N–H and O–H groups in total. The van der Waals surface area contributed by atoms with E-state index >= 15 is 0 Å². The van der Waals surface area contributed by atoms with Crippen LogP contribution in [0.3, 0.4) is 0 Å². The molecule has 2 rings (SSSR count). The third-order valence-corrected chi connectivity index (χ3v) is 3.83. The molecule has 4 nitrogen and oxygen atoms in total. The highest BCUT2D eigenvalue weighted by molar-refractivity contribution is 5.92. The van der Waals surface area contributed by atoms with Gasteiger partial charge in [0.25, 0.3) is 0 Å². The summed E-state index contributed by atoms with van der Waals surface area (Å²) in [6, 6.07) is 17.9. The second-order valence-corrected chi connectivity index (χ2v) is 6.04. The first-order valence-electron chi connectivity index (χ1n) is 9.05. The summed E-state index contributed by atoms with van der Waals surface area (Å²) < 4.78 is 5.80. The Labute approximate surface area is 150 Å². The maximum Gasteiger partial charge on any atom is 0.238 e. The topological polar surface area (TPSA) is 50.4 Å². The Hall–Kier alpha value is -2.33. The third kappa shape index (κ3) is 7.86. The van der Waals surface area contributed by atoms with Crippen LogP contribution in [0.2, 0.25) is 0 Å². The van der Waals surface area contributed by atoms with Crippen molar-refractivity contribution in [3.05, 3.63) is 60.2 Å². The van der Waals surface area contributed by atoms with Crippen LogP contribution in [0.1, 0.15) is 31.7 Å². The van der Waals surface area contributed by atoms with Gasteiger partial charge in [-0.3, -0.25) is 4.79 Å². The van der Waals surface area contributed by atoms with E-state index in [1.807, 2.05) is 30.3 Å². The van der Waals surface area contributed by atoms with Gasteiger partial charge in [-0.25, -0.2) is 0 Å². The first-order chi connectivity index (χ1) is 12.3. The van der Waals surface area contributed by atoms with Crippen LogP contribution in [0.25, 0.3) is 0 Å². The highest BCUT2D eigenvalue weighted by Gasteiger charge is 2.03. The van der Waals surface area contributed by atoms with Gasteiger partial charge in [0.1, 0.15) is 5.75 Å². The molecule has 2 aromatic rings. The van der Waals surface area contributed by atoms with E-state index in [1.165, 1.54) is 5.56 Å². The molecule has 1 amide bonds. The lowest BCUT2D eigenvalue weighted by Crippen LogP contribution is -2.28. The van der Waals surface area contributed by atoms with Crippen LogP contribution in [0.5, 0.6) is 5.75 Å². The number of unbranched alkanes of at least 4 members (excludes halogenated alkanes) is 1. The van der Waals surface area contributed by atoms with Gasteiger partial charge in [0, 0.05) is 11.8 Å². The number of amides is 1. The minimum absolute atomic E-state index is 0.0302. The summed E-state index contributed by atoms with van der Waals surface area (Å²) in [5.41, 5.74) is 2.09. The highest BCUT2D eigenvalue weighted by Crippen LogP contribution is 2.17. The summed E-state index contributed by atoms with van der Waals surface area (Å²) in [6.07, 6.45) is 4.17. The van der Waals surface area contributed by atoms with Crippen LogP contribution < -0.4 is 15.4 Å². The standard InChI is InChI=1S/C21H28N2O2/c1-2-3-14-22-17-21(24)23-19-12-7-13-20(16-19)25-15-8-11-18-9-5-4-6-10-18/h4-7,9-10,12-13,16,22H,2-3,8,11,14-15,17H2,1H3,(H,23,24). The Kier molecular flexibility index (Phi) is 8.56. The zero-order valence-electron chi connectivity index (χ0n) is 15.0. The molecule has 0 fully saturated rings. The van der Waals surface area contributed by atoms with Crippen molar-refractivity contribution in [2.45, 2.75) is 32.6 Å². The van der Waals surface area contributed by atoms with E-state index in [-0.39, 0.29) is 5.91 Å². The molecule has 0 saturated heterocycles. The largest absolute Gasteiger partial charge is 0.494 e. The number of anilines is 1. The SMILES string of the molecule is CCCCNCC(=O)Nc1cccc(OCCCc2ccccc2)c1. The van der Waals surface area contributed by atoms with Crippen LogP contribution in [-0.2, 0) is 11.2 Å². The number of benzene rings is 2. The van der Waals surface area contributed by atoms with Gasteiger partial charge in [-0.15, -0.1) is 0 Å². The Bertz CT molecular complexity index is 629. The lowest BCUT2D eigenvalue weighted by atomic mass is 10.1. The smallest absolute Gasteiger partial charge is 0.238 e. The second kappa shape index (κ2) is 11.3. The molecule has 0 radical (unpaired) electrons. The molecule has 0 heterocycles. The van der Waals surface area contributed by atoms with E-state index in [0.717, 1.165) is 43.7 Å². The maximum atomic E-state index is 11.9. The molecule has 0 spiro atoms. The van der Waals surface area contributed by atoms with Crippen molar-refractivity contribution in [2.24, 2.45) is 0 Å². The second-order valence-electron chi connectivity index (χ2n) is 6.04. The third-order valence-electron chi connectivity index (χ3n) is 3.83. The van der Waals surface area contributed by atoms with Crippen LogP contribution in [0, 0.1) is 0 Å². The number of hydrogen-bond donors (Lipinski definition) is 2. The van der Waals surface area contributed by atoms with E-state index in [0.29, 0.717) is 13.2 Å². The number of aryl methyl sites for hydroxylation is 1. The minimum Gasteiger partial charge on any atom is -0.494 e. The molecule has 0 bridgehead atoms. The van der Waals surface area contributed by atoms with Crippen molar-refractivity contribution in [1.29, 1.82) is 0 Å². The average Bonchev–Trinajstić information content (AvgIpc) is 2.64. The van der Waals surface area contributed by atoms with Crippen LogP contribution >= 0.6 is 0 Å². The Balaban J connectivity index is 1.70. The van der Waals surface area contributed by atoms with Crippen molar-refractivity contribution in [3.63, 3.8) is 0 Å². The number of hydrogen-bond acceptors (Lipinski definition) is 3. The molecule has 0 aromatic heterocycles. The lowest BCUT2D eigenvalue weighted by molar-refractivity contribution is -0.115. The molecule has 0 aliphatic heterocycles. The number of carbonyl (C=O) groups excluding carboxylic acids is 1. The van der Waals surface area contributed by atoms with E-state index in [4.69, 9.17) is 4.74 Å².